The molecule has 0 bridgehead atoms. The van der Waals surface area contributed by atoms with Crippen LogP contribution < -0.4 is 5.32 Å². The first-order valence-electron chi connectivity index (χ1n) is 7.46. The molecule has 1 unspecified atom stereocenters. The molecule has 1 rings (SSSR count). The van der Waals surface area contributed by atoms with Crippen molar-refractivity contribution in [2.45, 2.75) is 77.5 Å². The van der Waals surface area contributed by atoms with Gasteiger partial charge in [0.05, 0.1) is 24.9 Å². The molecule has 0 saturated heterocycles. The van der Waals surface area contributed by atoms with E-state index in [0.29, 0.717) is 13.2 Å². The molecule has 18 heavy (non-hydrogen) atoms. The van der Waals surface area contributed by atoms with Gasteiger partial charge in [-0.05, 0) is 40.5 Å². The molecule has 1 aliphatic rings. The topological polar surface area (TPSA) is 30.5 Å². The standard InChI is InChI=1S/C15H31NO2/c1-13(17-10-11-18-15(2,3)4)12-16-14-8-6-5-7-9-14/h13-14,16H,5-12H2,1-4H3. The minimum atomic E-state index is -0.0626. The van der Waals surface area contributed by atoms with Gasteiger partial charge in [0.2, 0.25) is 0 Å². The second-order valence-corrected chi connectivity index (χ2v) is 6.39. The highest BCUT2D eigenvalue weighted by molar-refractivity contribution is 4.72. The summed E-state index contributed by atoms with van der Waals surface area (Å²) in [7, 11) is 0. The van der Waals surface area contributed by atoms with E-state index in [4.69, 9.17) is 9.47 Å². The van der Waals surface area contributed by atoms with E-state index >= 15 is 0 Å². The molecule has 1 aliphatic carbocycles. The SMILES string of the molecule is CC(CNC1CCCCC1)OCCOC(C)(C)C. The largest absolute Gasteiger partial charge is 0.375 e. The van der Waals surface area contributed by atoms with Gasteiger partial charge in [0.1, 0.15) is 0 Å². The summed E-state index contributed by atoms with van der Waals surface area (Å²) in [5.41, 5.74) is -0.0626. The molecule has 1 fully saturated rings. The Morgan fingerprint density at radius 1 is 1.11 bits per heavy atom. The van der Waals surface area contributed by atoms with Gasteiger partial charge in [-0.2, -0.15) is 0 Å². The van der Waals surface area contributed by atoms with Gasteiger partial charge in [0, 0.05) is 12.6 Å². The summed E-state index contributed by atoms with van der Waals surface area (Å²) in [5, 5.41) is 3.61. The van der Waals surface area contributed by atoms with E-state index in [1.807, 2.05) is 0 Å². The van der Waals surface area contributed by atoms with Gasteiger partial charge in [-0.15, -0.1) is 0 Å². The lowest BCUT2D eigenvalue weighted by molar-refractivity contribution is -0.0484. The molecule has 3 heteroatoms. The second kappa shape index (κ2) is 8.13. The van der Waals surface area contributed by atoms with Gasteiger partial charge < -0.3 is 14.8 Å². The molecular weight excluding hydrogens is 226 g/mol. The van der Waals surface area contributed by atoms with E-state index in [1.165, 1.54) is 32.1 Å². The average Bonchev–Trinajstić information content (AvgIpc) is 2.32. The quantitative estimate of drug-likeness (QED) is 0.711. The Hall–Kier alpha value is -0.120. The molecule has 1 atom stereocenters. The Labute approximate surface area is 113 Å². The van der Waals surface area contributed by atoms with Crippen molar-refractivity contribution in [3.8, 4) is 0 Å². The summed E-state index contributed by atoms with van der Waals surface area (Å²) in [6.45, 7) is 10.7. The fourth-order valence-electron chi connectivity index (χ4n) is 2.30. The number of hydrogen-bond donors (Lipinski definition) is 1. The zero-order valence-electron chi connectivity index (χ0n) is 12.6. The van der Waals surface area contributed by atoms with Crippen molar-refractivity contribution in [1.82, 2.24) is 5.32 Å². The van der Waals surface area contributed by atoms with Crippen LogP contribution in [-0.2, 0) is 9.47 Å². The maximum atomic E-state index is 5.74. The lowest BCUT2D eigenvalue weighted by Crippen LogP contribution is -2.37. The second-order valence-electron chi connectivity index (χ2n) is 6.39. The van der Waals surface area contributed by atoms with Crippen molar-refractivity contribution in [1.29, 1.82) is 0 Å². The van der Waals surface area contributed by atoms with Crippen molar-refractivity contribution < 1.29 is 9.47 Å². The van der Waals surface area contributed by atoms with Crippen LogP contribution in [-0.4, -0.2) is 37.5 Å². The average molecular weight is 257 g/mol. The van der Waals surface area contributed by atoms with E-state index in [9.17, 15) is 0 Å². The lowest BCUT2D eigenvalue weighted by atomic mass is 9.95. The molecule has 1 N–H and O–H groups in total. The monoisotopic (exact) mass is 257 g/mol. The maximum absolute atomic E-state index is 5.74. The molecule has 0 spiro atoms. The Kier molecular flexibility index (Phi) is 7.20. The molecule has 1 saturated carbocycles. The molecule has 0 radical (unpaired) electrons. The highest BCUT2D eigenvalue weighted by Crippen LogP contribution is 2.17. The van der Waals surface area contributed by atoms with Crippen molar-refractivity contribution >= 4 is 0 Å². The number of rotatable bonds is 7. The van der Waals surface area contributed by atoms with Crippen LogP contribution >= 0.6 is 0 Å². The summed E-state index contributed by atoms with van der Waals surface area (Å²) < 4.78 is 11.4. The van der Waals surface area contributed by atoms with Gasteiger partial charge in [0.15, 0.2) is 0 Å². The van der Waals surface area contributed by atoms with Crippen molar-refractivity contribution in [3.05, 3.63) is 0 Å². The van der Waals surface area contributed by atoms with E-state index in [0.717, 1.165) is 12.6 Å². The van der Waals surface area contributed by atoms with Gasteiger partial charge in [0.25, 0.3) is 0 Å². The van der Waals surface area contributed by atoms with Crippen LogP contribution in [0.3, 0.4) is 0 Å². The first kappa shape index (κ1) is 15.9. The van der Waals surface area contributed by atoms with E-state index < -0.39 is 0 Å². The number of ether oxygens (including phenoxy) is 2. The van der Waals surface area contributed by atoms with Crippen LogP contribution in [0.4, 0.5) is 0 Å². The zero-order valence-corrected chi connectivity index (χ0v) is 12.6. The van der Waals surface area contributed by atoms with Gasteiger partial charge in [-0.1, -0.05) is 19.3 Å². The molecule has 0 aromatic carbocycles. The van der Waals surface area contributed by atoms with Crippen LogP contribution in [0.2, 0.25) is 0 Å². The molecule has 0 amide bonds. The lowest BCUT2D eigenvalue weighted by Gasteiger charge is -2.25. The Bertz CT molecular complexity index is 207. The summed E-state index contributed by atoms with van der Waals surface area (Å²) in [6.07, 6.45) is 7.11. The van der Waals surface area contributed by atoms with Crippen LogP contribution in [0.5, 0.6) is 0 Å². The van der Waals surface area contributed by atoms with Crippen molar-refractivity contribution in [2.75, 3.05) is 19.8 Å². The molecule has 0 aromatic heterocycles. The fourth-order valence-corrected chi connectivity index (χ4v) is 2.30. The molecule has 0 aromatic rings. The zero-order chi connectivity index (χ0) is 13.4. The maximum Gasteiger partial charge on any atom is 0.0707 e. The van der Waals surface area contributed by atoms with Gasteiger partial charge >= 0.3 is 0 Å². The van der Waals surface area contributed by atoms with Gasteiger partial charge in [-0.25, -0.2) is 0 Å². The molecule has 3 nitrogen and oxygen atoms in total. The highest BCUT2D eigenvalue weighted by Gasteiger charge is 2.14. The van der Waals surface area contributed by atoms with E-state index in [1.54, 1.807) is 0 Å². The molecule has 0 aliphatic heterocycles. The van der Waals surface area contributed by atoms with Crippen molar-refractivity contribution in [2.24, 2.45) is 0 Å². The summed E-state index contributed by atoms with van der Waals surface area (Å²) in [4.78, 5) is 0. The molecule has 108 valence electrons. The van der Waals surface area contributed by atoms with Crippen LogP contribution in [0.15, 0.2) is 0 Å². The summed E-state index contributed by atoms with van der Waals surface area (Å²) >= 11 is 0. The number of hydrogen-bond acceptors (Lipinski definition) is 3. The predicted molar refractivity (Wildman–Crippen MR) is 76.0 cm³/mol. The van der Waals surface area contributed by atoms with Crippen LogP contribution in [0, 0.1) is 0 Å². The van der Waals surface area contributed by atoms with Crippen molar-refractivity contribution in [3.63, 3.8) is 0 Å². The van der Waals surface area contributed by atoms with E-state index in [-0.39, 0.29) is 11.7 Å². The summed E-state index contributed by atoms with van der Waals surface area (Å²) in [6, 6.07) is 0.718. The third-order valence-electron chi connectivity index (χ3n) is 3.32. The van der Waals surface area contributed by atoms with Gasteiger partial charge in [-0.3, -0.25) is 0 Å². The third-order valence-corrected chi connectivity index (χ3v) is 3.32. The highest BCUT2D eigenvalue weighted by atomic mass is 16.5. The predicted octanol–water partition coefficient (Wildman–Crippen LogP) is 3.13. The molecule has 0 heterocycles. The normalized spacial score (nSPS) is 20.0. The smallest absolute Gasteiger partial charge is 0.0707 e. The first-order valence-corrected chi connectivity index (χ1v) is 7.46. The van der Waals surface area contributed by atoms with Crippen LogP contribution in [0.25, 0.3) is 0 Å². The number of nitrogens with one attached hydrogen (secondary N) is 1. The third kappa shape index (κ3) is 8.06. The summed E-state index contributed by atoms with van der Waals surface area (Å²) in [5.74, 6) is 0. The van der Waals surface area contributed by atoms with E-state index in [2.05, 4.69) is 33.0 Å². The fraction of sp³-hybridized carbons (Fsp3) is 1.00. The van der Waals surface area contributed by atoms with Crippen LogP contribution in [0.1, 0.15) is 59.8 Å². The Morgan fingerprint density at radius 3 is 2.39 bits per heavy atom. The minimum absolute atomic E-state index is 0.0626. The first-order chi connectivity index (χ1) is 8.47. The Balaban J connectivity index is 1.98. The minimum Gasteiger partial charge on any atom is -0.375 e. The Morgan fingerprint density at radius 2 is 1.78 bits per heavy atom. The molecular formula is C15H31NO2.